The molecule has 2 aromatic heterocycles. The van der Waals surface area contributed by atoms with Crippen LogP contribution in [0.3, 0.4) is 0 Å². The Kier molecular flexibility index (Phi) is 12.5. The highest BCUT2D eigenvalue weighted by molar-refractivity contribution is 5.23. The lowest BCUT2D eigenvalue weighted by atomic mass is 10.1. The molecule has 2 N–H and O–H groups in total. The number of hydrogen-bond acceptors (Lipinski definition) is 5. The normalized spacial score (nSPS) is 13.2. The number of aromatic amines is 2. The number of H-pyrrole nitrogens is 2. The van der Waals surface area contributed by atoms with Crippen molar-refractivity contribution in [2.24, 2.45) is 0 Å². The summed E-state index contributed by atoms with van der Waals surface area (Å²) in [5.74, 6) is 1.73. The molecule has 1 unspecified atom stereocenters. The van der Waals surface area contributed by atoms with Gasteiger partial charge in [0.1, 0.15) is 11.6 Å². The number of aromatic nitrogens is 4. The Bertz CT molecular complexity index is 1010. The first-order chi connectivity index (χ1) is 18.8. The van der Waals surface area contributed by atoms with Crippen LogP contribution in [-0.4, -0.2) is 73.5 Å². The molecule has 0 radical (unpaired) electrons. The lowest BCUT2D eigenvalue weighted by Gasteiger charge is -2.27. The number of benzene rings is 1. The summed E-state index contributed by atoms with van der Waals surface area (Å²) in [6.07, 6.45) is 6.73. The summed E-state index contributed by atoms with van der Waals surface area (Å²) < 4.78 is 40.0. The van der Waals surface area contributed by atoms with E-state index in [1.165, 1.54) is 4.90 Å². The smallest absolute Gasteiger partial charge is 0.348 e. The van der Waals surface area contributed by atoms with Gasteiger partial charge in [-0.3, -0.25) is 9.80 Å². The average molecular weight is 548 g/mol. The minimum absolute atomic E-state index is 0.0256. The molecule has 0 fully saturated rings. The molecule has 1 aromatic carbocycles. The van der Waals surface area contributed by atoms with Gasteiger partial charge in [0, 0.05) is 37.9 Å². The molecule has 216 valence electrons. The number of hydrogen-bond donors (Lipinski definition) is 2. The number of alkyl halides is 3. The van der Waals surface area contributed by atoms with Crippen LogP contribution in [0.2, 0.25) is 0 Å². The highest BCUT2D eigenvalue weighted by Gasteiger charge is 2.30. The van der Waals surface area contributed by atoms with E-state index in [1.54, 1.807) is 18.6 Å². The molecule has 0 bridgehead atoms. The molecule has 3 rings (SSSR count). The molecular weight excluding hydrogens is 503 g/mol. The summed E-state index contributed by atoms with van der Waals surface area (Å²) in [5, 5.41) is 0. The third-order valence-corrected chi connectivity index (χ3v) is 6.87. The molecule has 0 spiro atoms. The number of halogens is 3. The number of nitrogens with one attached hydrogen (secondary N) is 2. The SMILES string of the molecule is CCCN(CCC)CCCCN(Cc1ccc(CN(Cc2ncc[nH]2)C(C)c2ncc[nH]2)cc1)CC(F)(F)F. The van der Waals surface area contributed by atoms with Gasteiger partial charge in [-0.05, 0) is 69.9 Å². The van der Waals surface area contributed by atoms with Crippen LogP contribution in [0.4, 0.5) is 13.2 Å². The number of nitrogens with zero attached hydrogens (tertiary/aromatic N) is 5. The minimum atomic E-state index is -4.22. The van der Waals surface area contributed by atoms with Gasteiger partial charge in [0.15, 0.2) is 0 Å². The average Bonchev–Trinajstić information content (AvgIpc) is 3.61. The van der Waals surface area contributed by atoms with Crippen molar-refractivity contribution in [1.82, 2.24) is 34.6 Å². The van der Waals surface area contributed by atoms with Gasteiger partial charge >= 0.3 is 6.18 Å². The fraction of sp³-hybridized carbons (Fsp3) is 0.586. The van der Waals surface area contributed by atoms with E-state index in [9.17, 15) is 13.2 Å². The van der Waals surface area contributed by atoms with Crippen molar-refractivity contribution in [2.75, 3.05) is 32.7 Å². The summed E-state index contributed by atoms with van der Waals surface area (Å²) >= 11 is 0. The van der Waals surface area contributed by atoms with Gasteiger partial charge in [0.2, 0.25) is 0 Å². The zero-order valence-electron chi connectivity index (χ0n) is 23.6. The number of rotatable bonds is 18. The summed E-state index contributed by atoms with van der Waals surface area (Å²) in [6.45, 7) is 10.6. The first kappa shape index (κ1) is 30.8. The Morgan fingerprint density at radius 1 is 0.769 bits per heavy atom. The van der Waals surface area contributed by atoms with Crippen molar-refractivity contribution in [2.45, 2.75) is 78.3 Å². The van der Waals surface area contributed by atoms with Crippen LogP contribution in [0.1, 0.15) is 75.3 Å². The molecule has 0 saturated heterocycles. The molecule has 1 atom stereocenters. The van der Waals surface area contributed by atoms with E-state index >= 15 is 0 Å². The monoisotopic (exact) mass is 547 g/mol. The van der Waals surface area contributed by atoms with E-state index in [-0.39, 0.29) is 12.6 Å². The maximum atomic E-state index is 13.3. The van der Waals surface area contributed by atoms with Crippen molar-refractivity contribution >= 4 is 0 Å². The van der Waals surface area contributed by atoms with Crippen molar-refractivity contribution in [3.8, 4) is 0 Å². The fourth-order valence-corrected chi connectivity index (χ4v) is 4.93. The zero-order chi connectivity index (χ0) is 28.1. The fourth-order valence-electron chi connectivity index (χ4n) is 4.93. The van der Waals surface area contributed by atoms with Crippen LogP contribution in [0.5, 0.6) is 0 Å². The lowest BCUT2D eigenvalue weighted by molar-refractivity contribution is -0.147. The van der Waals surface area contributed by atoms with Gasteiger partial charge in [-0.1, -0.05) is 38.1 Å². The van der Waals surface area contributed by atoms with Gasteiger partial charge in [-0.15, -0.1) is 0 Å². The molecule has 3 aromatic rings. The van der Waals surface area contributed by atoms with E-state index in [4.69, 9.17) is 0 Å². The third-order valence-electron chi connectivity index (χ3n) is 6.87. The van der Waals surface area contributed by atoms with Crippen molar-refractivity contribution in [3.63, 3.8) is 0 Å². The summed E-state index contributed by atoms with van der Waals surface area (Å²) in [7, 11) is 0. The van der Waals surface area contributed by atoms with Crippen LogP contribution in [-0.2, 0) is 19.6 Å². The Balaban J connectivity index is 1.59. The molecule has 2 heterocycles. The second kappa shape index (κ2) is 15.8. The predicted molar refractivity (Wildman–Crippen MR) is 149 cm³/mol. The van der Waals surface area contributed by atoms with Crippen LogP contribution in [0.25, 0.3) is 0 Å². The standard InChI is InChI=1S/C29H44F3N7/c1-4-16-37(17-5-2)18-6-7-19-38(23-29(30,31)32)20-25-8-10-26(11-9-25)21-39(22-27-33-12-13-34-27)24(3)28-35-14-15-36-28/h8-15,24H,4-7,16-23H2,1-3H3,(H,33,34)(H,35,36). The van der Waals surface area contributed by atoms with Gasteiger partial charge < -0.3 is 14.9 Å². The highest BCUT2D eigenvalue weighted by Crippen LogP contribution is 2.23. The zero-order valence-corrected chi connectivity index (χ0v) is 23.6. The van der Waals surface area contributed by atoms with Crippen molar-refractivity contribution in [3.05, 3.63) is 71.8 Å². The Labute approximate surface area is 230 Å². The van der Waals surface area contributed by atoms with Crippen LogP contribution in [0.15, 0.2) is 49.1 Å². The predicted octanol–water partition coefficient (Wildman–Crippen LogP) is 6.16. The van der Waals surface area contributed by atoms with Crippen LogP contribution >= 0.6 is 0 Å². The molecular formula is C29H44F3N7. The highest BCUT2D eigenvalue weighted by atomic mass is 19.4. The second-order valence-electron chi connectivity index (χ2n) is 10.3. The second-order valence-corrected chi connectivity index (χ2v) is 10.3. The maximum absolute atomic E-state index is 13.3. The minimum Gasteiger partial charge on any atom is -0.348 e. The number of imidazole rings is 2. The van der Waals surface area contributed by atoms with Crippen molar-refractivity contribution in [1.29, 1.82) is 0 Å². The van der Waals surface area contributed by atoms with Crippen LogP contribution < -0.4 is 0 Å². The molecule has 0 aliphatic heterocycles. The largest absolute Gasteiger partial charge is 0.401 e. The topological polar surface area (TPSA) is 67.1 Å². The van der Waals surface area contributed by atoms with E-state index in [2.05, 4.69) is 50.5 Å². The maximum Gasteiger partial charge on any atom is 0.401 e. The summed E-state index contributed by atoms with van der Waals surface area (Å²) in [5.41, 5.74) is 1.97. The van der Waals surface area contributed by atoms with E-state index < -0.39 is 12.7 Å². The molecule has 0 amide bonds. The Morgan fingerprint density at radius 3 is 1.90 bits per heavy atom. The van der Waals surface area contributed by atoms with Crippen LogP contribution in [0, 0.1) is 0 Å². The first-order valence-electron chi connectivity index (χ1n) is 14.1. The van der Waals surface area contributed by atoms with Gasteiger partial charge in [-0.25, -0.2) is 9.97 Å². The summed E-state index contributed by atoms with van der Waals surface area (Å²) in [4.78, 5) is 21.3. The molecule has 0 aliphatic carbocycles. The Morgan fingerprint density at radius 2 is 1.36 bits per heavy atom. The molecule has 7 nitrogen and oxygen atoms in total. The van der Waals surface area contributed by atoms with Gasteiger partial charge in [0.25, 0.3) is 0 Å². The molecule has 0 aliphatic rings. The molecule has 39 heavy (non-hydrogen) atoms. The Hall–Kier alpha value is -2.69. The van der Waals surface area contributed by atoms with Crippen molar-refractivity contribution < 1.29 is 13.2 Å². The molecule has 0 saturated carbocycles. The lowest BCUT2D eigenvalue weighted by Crippen LogP contribution is -2.35. The third kappa shape index (κ3) is 11.1. The first-order valence-corrected chi connectivity index (χ1v) is 14.1. The van der Waals surface area contributed by atoms with E-state index in [1.807, 2.05) is 30.5 Å². The van der Waals surface area contributed by atoms with Gasteiger partial charge in [0.05, 0.1) is 19.1 Å². The van der Waals surface area contributed by atoms with E-state index in [0.717, 1.165) is 68.1 Å². The quantitative estimate of drug-likeness (QED) is 0.187. The number of unbranched alkanes of at least 4 members (excludes halogenated alkanes) is 1. The molecule has 10 heteroatoms. The van der Waals surface area contributed by atoms with E-state index in [0.29, 0.717) is 19.6 Å². The summed E-state index contributed by atoms with van der Waals surface area (Å²) in [6, 6.07) is 7.95. The van der Waals surface area contributed by atoms with Gasteiger partial charge in [-0.2, -0.15) is 13.2 Å².